The van der Waals surface area contributed by atoms with Crippen LogP contribution in [0.25, 0.3) is 21.7 Å². The Balaban J connectivity index is 2.40. The highest BCUT2D eigenvalue weighted by atomic mass is 19.1. The number of hydrogen-bond donors (Lipinski definition) is 1. The van der Waals surface area contributed by atoms with Crippen molar-refractivity contribution in [1.82, 2.24) is 0 Å². The molecule has 0 aliphatic carbocycles. The molecule has 0 saturated carbocycles. The predicted molar refractivity (Wildman–Crippen MR) is 77.2 cm³/mol. The molecule has 0 amide bonds. The Morgan fingerprint density at radius 2 is 2.00 bits per heavy atom. The Labute approximate surface area is 116 Å². The maximum Gasteiger partial charge on any atom is 0.213 e. The molecule has 0 bridgehead atoms. The first kappa shape index (κ1) is 12.8. The molecule has 3 nitrogen and oxygen atoms in total. The molecule has 0 unspecified atom stereocenters. The van der Waals surface area contributed by atoms with Gasteiger partial charge in [-0.25, -0.2) is 4.39 Å². The molecule has 2 aromatic carbocycles. The molecule has 102 valence electrons. The highest BCUT2D eigenvalue weighted by Crippen LogP contribution is 2.26. The molecule has 0 atom stereocenters. The van der Waals surface area contributed by atoms with Gasteiger partial charge in [0.15, 0.2) is 12.7 Å². The minimum Gasteiger partial charge on any atom is -0.497 e. The first-order chi connectivity index (χ1) is 9.72. The highest BCUT2D eigenvalue weighted by Gasteiger charge is 2.14. The number of rotatable bonds is 3. The van der Waals surface area contributed by atoms with Crippen LogP contribution < -0.4 is 15.0 Å². The van der Waals surface area contributed by atoms with Gasteiger partial charge in [-0.05, 0) is 30.3 Å². The van der Waals surface area contributed by atoms with Gasteiger partial charge < -0.3 is 10.5 Å². The van der Waals surface area contributed by atoms with Crippen molar-refractivity contribution in [3.63, 3.8) is 0 Å². The van der Waals surface area contributed by atoms with Crippen molar-refractivity contribution in [3.8, 4) is 5.75 Å². The number of pyridine rings is 1. The molecular formula is C16H16FN2O+. The van der Waals surface area contributed by atoms with Crippen molar-refractivity contribution < 1.29 is 13.7 Å². The third kappa shape index (κ3) is 2.08. The number of benzene rings is 2. The smallest absolute Gasteiger partial charge is 0.213 e. The first-order valence-corrected chi connectivity index (χ1v) is 6.52. The molecule has 0 aliphatic rings. The van der Waals surface area contributed by atoms with Gasteiger partial charge >= 0.3 is 0 Å². The molecule has 3 rings (SSSR count). The third-order valence-corrected chi connectivity index (χ3v) is 3.48. The lowest BCUT2D eigenvalue weighted by Crippen LogP contribution is -2.38. The molecule has 20 heavy (non-hydrogen) atoms. The van der Waals surface area contributed by atoms with Crippen molar-refractivity contribution in [2.75, 3.05) is 13.7 Å². The van der Waals surface area contributed by atoms with Crippen LogP contribution in [0.1, 0.15) is 0 Å². The van der Waals surface area contributed by atoms with E-state index < -0.39 is 0 Å². The Morgan fingerprint density at radius 3 is 2.75 bits per heavy atom. The molecule has 3 aromatic rings. The number of nitrogens with zero attached hydrogens (tertiary/aromatic N) is 1. The zero-order valence-electron chi connectivity index (χ0n) is 11.3. The van der Waals surface area contributed by atoms with Gasteiger partial charge in [-0.3, -0.25) is 0 Å². The second-order valence-corrected chi connectivity index (χ2v) is 4.73. The van der Waals surface area contributed by atoms with E-state index in [9.17, 15) is 4.39 Å². The maximum absolute atomic E-state index is 13.6. The average molecular weight is 271 g/mol. The van der Waals surface area contributed by atoms with Crippen LogP contribution in [-0.2, 0) is 6.54 Å². The van der Waals surface area contributed by atoms with E-state index in [0.29, 0.717) is 13.1 Å². The van der Waals surface area contributed by atoms with E-state index in [0.717, 1.165) is 27.4 Å². The summed E-state index contributed by atoms with van der Waals surface area (Å²) in [4.78, 5) is 0. The zero-order chi connectivity index (χ0) is 14.1. The lowest BCUT2D eigenvalue weighted by atomic mass is 10.1. The zero-order valence-corrected chi connectivity index (χ0v) is 11.3. The molecule has 0 saturated heterocycles. The molecule has 2 N–H and O–H groups in total. The van der Waals surface area contributed by atoms with Gasteiger partial charge in [0, 0.05) is 11.5 Å². The summed E-state index contributed by atoms with van der Waals surface area (Å²) in [5.41, 5.74) is 6.64. The second kappa shape index (κ2) is 5.06. The molecule has 0 radical (unpaired) electrons. The average Bonchev–Trinajstić information content (AvgIpc) is 2.46. The summed E-state index contributed by atoms with van der Waals surface area (Å²) in [7, 11) is 1.63. The molecule has 1 heterocycles. The summed E-state index contributed by atoms with van der Waals surface area (Å²) in [6.07, 6.45) is 2.03. The number of fused-ring (bicyclic) bond motifs is 3. The van der Waals surface area contributed by atoms with Crippen molar-refractivity contribution >= 4 is 21.7 Å². The summed E-state index contributed by atoms with van der Waals surface area (Å²) in [6, 6.07) is 10.6. The van der Waals surface area contributed by atoms with Crippen LogP contribution in [0.4, 0.5) is 4.39 Å². The van der Waals surface area contributed by atoms with Gasteiger partial charge in [-0.2, -0.15) is 4.57 Å². The minimum absolute atomic E-state index is 0.236. The predicted octanol–water partition coefficient (Wildman–Crippen LogP) is 2.39. The van der Waals surface area contributed by atoms with Crippen LogP contribution in [0.5, 0.6) is 5.75 Å². The Morgan fingerprint density at radius 1 is 1.15 bits per heavy atom. The number of aromatic nitrogens is 1. The topological polar surface area (TPSA) is 39.1 Å². The van der Waals surface area contributed by atoms with E-state index in [1.807, 2.05) is 24.4 Å². The van der Waals surface area contributed by atoms with Gasteiger partial charge in [0.2, 0.25) is 5.52 Å². The first-order valence-electron chi connectivity index (χ1n) is 6.52. The summed E-state index contributed by atoms with van der Waals surface area (Å²) < 4.78 is 20.9. The summed E-state index contributed by atoms with van der Waals surface area (Å²) in [6.45, 7) is 1.22. The van der Waals surface area contributed by atoms with E-state index in [1.54, 1.807) is 19.2 Å². The second-order valence-electron chi connectivity index (χ2n) is 4.73. The highest BCUT2D eigenvalue weighted by molar-refractivity contribution is 6.04. The van der Waals surface area contributed by atoms with Crippen LogP contribution in [-0.4, -0.2) is 13.7 Å². The number of halogens is 1. The van der Waals surface area contributed by atoms with Gasteiger partial charge in [0.05, 0.1) is 24.4 Å². The largest absolute Gasteiger partial charge is 0.497 e. The normalized spacial score (nSPS) is 11.2. The number of nitrogens with two attached hydrogens (primary N) is 1. The van der Waals surface area contributed by atoms with Crippen LogP contribution in [0.15, 0.2) is 42.6 Å². The maximum atomic E-state index is 13.6. The monoisotopic (exact) mass is 271 g/mol. The fourth-order valence-corrected chi connectivity index (χ4v) is 2.56. The van der Waals surface area contributed by atoms with E-state index in [1.165, 1.54) is 6.07 Å². The van der Waals surface area contributed by atoms with E-state index >= 15 is 0 Å². The Kier molecular flexibility index (Phi) is 3.24. The van der Waals surface area contributed by atoms with Gasteiger partial charge in [-0.1, -0.05) is 0 Å². The van der Waals surface area contributed by atoms with Crippen molar-refractivity contribution in [1.29, 1.82) is 0 Å². The van der Waals surface area contributed by atoms with Crippen LogP contribution in [0.2, 0.25) is 0 Å². The van der Waals surface area contributed by atoms with Gasteiger partial charge in [0.25, 0.3) is 0 Å². The van der Waals surface area contributed by atoms with Crippen molar-refractivity contribution in [2.45, 2.75) is 6.54 Å². The van der Waals surface area contributed by atoms with E-state index in [2.05, 4.69) is 4.57 Å². The standard InChI is InChI=1S/C16H16FN2O/c1-20-13-3-4-14-11(8-13)10-19(7-6-18)16-5-2-12(17)9-15(14)16/h2-5,8-10H,6-7,18H2,1H3/q+1. The van der Waals surface area contributed by atoms with Crippen molar-refractivity contribution in [3.05, 3.63) is 48.4 Å². The third-order valence-electron chi connectivity index (χ3n) is 3.48. The fraction of sp³-hybridized carbons (Fsp3) is 0.188. The fourth-order valence-electron chi connectivity index (χ4n) is 2.56. The quantitative estimate of drug-likeness (QED) is 0.587. The minimum atomic E-state index is -0.236. The Bertz CT molecular complexity index is 786. The molecular weight excluding hydrogens is 255 g/mol. The lowest BCUT2D eigenvalue weighted by molar-refractivity contribution is -0.667. The van der Waals surface area contributed by atoms with Gasteiger partial charge in [0.1, 0.15) is 11.6 Å². The molecule has 0 aliphatic heterocycles. The van der Waals surface area contributed by atoms with Crippen molar-refractivity contribution in [2.24, 2.45) is 5.73 Å². The SMILES string of the molecule is COc1ccc2c(c1)c[n+](CCN)c1ccc(F)cc21. The van der Waals surface area contributed by atoms with Gasteiger partial charge in [-0.15, -0.1) is 0 Å². The summed E-state index contributed by atoms with van der Waals surface area (Å²) >= 11 is 0. The number of hydrogen-bond acceptors (Lipinski definition) is 2. The summed E-state index contributed by atoms with van der Waals surface area (Å²) in [5.74, 6) is 0.549. The van der Waals surface area contributed by atoms with Crippen LogP contribution in [0.3, 0.4) is 0 Å². The lowest BCUT2D eigenvalue weighted by Gasteiger charge is -2.07. The Hall–Kier alpha value is -2.20. The molecule has 1 aromatic heterocycles. The summed E-state index contributed by atoms with van der Waals surface area (Å²) in [5, 5.41) is 2.91. The number of methoxy groups -OCH3 is 1. The molecule has 0 spiro atoms. The van der Waals surface area contributed by atoms with Crippen LogP contribution >= 0.6 is 0 Å². The van der Waals surface area contributed by atoms with Crippen LogP contribution in [0, 0.1) is 5.82 Å². The van der Waals surface area contributed by atoms with E-state index in [4.69, 9.17) is 10.5 Å². The van der Waals surface area contributed by atoms with E-state index in [-0.39, 0.29) is 5.82 Å². The molecule has 0 fully saturated rings. The number of ether oxygens (including phenoxy) is 1. The molecule has 4 heteroatoms.